The van der Waals surface area contributed by atoms with Gasteiger partial charge in [0.25, 0.3) is 5.56 Å². The van der Waals surface area contributed by atoms with Crippen molar-refractivity contribution < 1.29 is 19.0 Å². The van der Waals surface area contributed by atoms with Gasteiger partial charge < -0.3 is 25.0 Å². The van der Waals surface area contributed by atoms with Gasteiger partial charge in [-0.05, 0) is 43.4 Å². The molecule has 7 nitrogen and oxygen atoms in total. The van der Waals surface area contributed by atoms with Crippen molar-refractivity contribution in [2.75, 3.05) is 24.6 Å². The molecule has 0 spiro atoms. The summed E-state index contributed by atoms with van der Waals surface area (Å²) in [6.07, 6.45) is 1.80. The fourth-order valence-corrected chi connectivity index (χ4v) is 4.30. The average molecular weight is 389 g/mol. The molecule has 1 aromatic heterocycles. The molecule has 150 valence electrons. The lowest BCUT2D eigenvalue weighted by Crippen LogP contribution is -2.26. The van der Waals surface area contributed by atoms with Crippen LogP contribution in [0, 0.1) is 18.7 Å². The number of primary amides is 1. The van der Waals surface area contributed by atoms with E-state index in [0.29, 0.717) is 40.8 Å². The standard InChI is InChI=1S/C20H24FN3O4/c1-11-18-15(13(9-25)6-17(26)24(18)14-2-3-14)7-16(21)19(11)23-5-4-12(8-23)10-28-20(22)27/h6-7,12,14,25H,2-5,8-10H2,1H3,(H2,22,27). The number of fused-ring (bicyclic) bond motifs is 1. The predicted octanol–water partition coefficient (Wildman–Crippen LogP) is 2.20. The maximum Gasteiger partial charge on any atom is 0.404 e. The number of rotatable bonds is 5. The van der Waals surface area contributed by atoms with E-state index >= 15 is 4.39 Å². The summed E-state index contributed by atoms with van der Waals surface area (Å²) in [4.78, 5) is 25.4. The number of carbonyl (C=O) groups excluding carboxylic acids is 1. The Kier molecular flexibility index (Phi) is 4.74. The van der Waals surface area contributed by atoms with Crippen molar-refractivity contribution >= 4 is 22.7 Å². The Bertz CT molecular complexity index is 999. The summed E-state index contributed by atoms with van der Waals surface area (Å²) >= 11 is 0. The van der Waals surface area contributed by atoms with E-state index in [4.69, 9.17) is 10.5 Å². The molecule has 1 aliphatic carbocycles. The molecule has 2 aromatic rings. The number of aromatic nitrogens is 1. The third-order valence-corrected chi connectivity index (χ3v) is 5.73. The molecule has 1 saturated heterocycles. The molecule has 1 unspecified atom stereocenters. The highest BCUT2D eigenvalue weighted by molar-refractivity contribution is 5.90. The first-order valence-corrected chi connectivity index (χ1v) is 9.56. The van der Waals surface area contributed by atoms with Crippen molar-refractivity contribution in [3.63, 3.8) is 0 Å². The van der Waals surface area contributed by atoms with E-state index in [0.717, 1.165) is 19.3 Å². The first-order valence-electron chi connectivity index (χ1n) is 9.56. The predicted molar refractivity (Wildman–Crippen MR) is 103 cm³/mol. The van der Waals surface area contributed by atoms with Gasteiger partial charge in [0.2, 0.25) is 0 Å². The van der Waals surface area contributed by atoms with Crippen molar-refractivity contribution in [2.45, 2.75) is 38.8 Å². The molecule has 2 heterocycles. The van der Waals surface area contributed by atoms with E-state index in [9.17, 15) is 14.7 Å². The van der Waals surface area contributed by atoms with Gasteiger partial charge in [0.1, 0.15) is 5.82 Å². The lowest BCUT2D eigenvalue weighted by Gasteiger charge is -2.25. The van der Waals surface area contributed by atoms with Gasteiger partial charge in [-0.25, -0.2) is 9.18 Å². The maximum atomic E-state index is 15.1. The van der Waals surface area contributed by atoms with Crippen LogP contribution in [0.5, 0.6) is 0 Å². The molecule has 1 saturated carbocycles. The van der Waals surface area contributed by atoms with E-state index in [1.807, 2.05) is 11.8 Å². The molecule has 28 heavy (non-hydrogen) atoms. The number of aryl methyl sites for hydroxylation is 1. The molecule has 1 amide bonds. The van der Waals surface area contributed by atoms with E-state index in [-0.39, 0.29) is 36.5 Å². The monoisotopic (exact) mass is 389 g/mol. The Morgan fingerprint density at radius 1 is 1.36 bits per heavy atom. The van der Waals surface area contributed by atoms with E-state index in [2.05, 4.69) is 0 Å². The second-order valence-corrected chi connectivity index (χ2v) is 7.73. The number of pyridine rings is 1. The molecule has 2 aliphatic rings. The Labute approximate surface area is 161 Å². The molecule has 1 aliphatic heterocycles. The fourth-order valence-electron chi connectivity index (χ4n) is 4.30. The van der Waals surface area contributed by atoms with Gasteiger partial charge in [-0.2, -0.15) is 0 Å². The number of aliphatic hydroxyl groups is 1. The van der Waals surface area contributed by atoms with Gasteiger partial charge in [0.15, 0.2) is 0 Å². The minimum Gasteiger partial charge on any atom is -0.449 e. The van der Waals surface area contributed by atoms with Crippen LogP contribution in [0.15, 0.2) is 16.9 Å². The third kappa shape index (κ3) is 3.22. The van der Waals surface area contributed by atoms with Gasteiger partial charge in [-0.1, -0.05) is 0 Å². The summed E-state index contributed by atoms with van der Waals surface area (Å²) < 4.78 is 21.8. The number of nitrogens with zero attached hydrogens (tertiary/aromatic N) is 2. The highest BCUT2D eigenvalue weighted by Gasteiger charge is 2.31. The first-order chi connectivity index (χ1) is 13.4. The number of hydrogen-bond donors (Lipinski definition) is 2. The summed E-state index contributed by atoms with van der Waals surface area (Å²) in [6.45, 7) is 2.90. The number of aliphatic hydroxyl groups excluding tert-OH is 1. The summed E-state index contributed by atoms with van der Waals surface area (Å²) in [5.41, 5.74) is 7.19. The van der Waals surface area contributed by atoms with Crippen LogP contribution in [-0.2, 0) is 11.3 Å². The van der Waals surface area contributed by atoms with Gasteiger partial charge in [-0.15, -0.1) is 0 Å². The van der Waals surface area contributed by atoms with Crippen LogP contribution in [0.4, 0.5) is 14.9 Å². The molecular weight excluding hydrogens is 365 g/mol. The van der Waals surface area contributed by atoms with Crippen LogP contribution >= 0.6 is 0 Å². The molecule has 2 fully saturated rings. The number of halogens is 1. The zero-order valence-electron chi connectivity index (χ0n) is 15.8. The van der Waals surface area contributed by atoms with Crippen LogP contribution < -0.4 is 16.2 Å². The van der Waals surface area contributed by atoms with Crippen LogP contribution in [0.2, 0.25) is 0 Å². The number of benzene rings is 1. The molecule has 4 rings (SSSR count). The van der Waals surface area contributed by atoms with Crippen molar-refractivity contribution in [1.82, 2.24) is 4.57 Å². The largest absolute Gasteiger partial charge is 0.449 e. The number of carbonyl (C=O) groups is 1. The average Bonchev–Trinajstić information content (AvgIpc) is 3.38. The van der Waals surface area contributed by atoms with Crippen LogP contribution in [-0.4, -0.2) is 35.5 Å². The van der Waals surface area contributed by atoms with Gasteiger partial charge in [-0.3, -0.25) is 4.79 Å². The van der Waals surface area contributed by atoms with Crippen molar-refractivity contribution in [1.29, 1.82) is 0 Å². The summed E-state index contributed by atoms with van der Waals surface area (Å²) in [6, 6.07) is 2.97. The Balaban J connectivity index is 1.79. The van der Waals surface area contributed by atoms with Gasteiger partial charge in [0, 0.05) is 36.5 Å². The number of amides is 1. The summed E-state index contributed by atoms with van der Waals surface area (Å²) in [5.74, 6) is -0.298. The molecule has 0 bridgehead atoms. The number of anilines is 1. The van der Waals surface area contributed by atoms with Crippen LogP contribution in [0.3, 0.4) is 0 Å². The molecule has 1 aromatic carbocycles. The number of hydrogen-bond acceptors (Lipinski definition) is 5. The van der Waals surface area contributed by atoms with E-state index < -0.39 is 6.09 Å². The fraction of sp³-hybridized carbons (Fsp3) is 0.500. The Morgan fingerprint density at radius 3 is 2.75 bits per heavy atom. The van der Waals surface area contributed by atoms with E-state index in [1.165, 1.54) is 12.1 Å². The lowest BCUT2D eigenvalue weighted by molar-refractivity contribution is 0.140. The van der Waals surface area contributed by atoms with Gasteiger partial charge in [0.05, 0.1) is 24.4 Å². The molecular formula is C20H24FN3O4. The Morgan fingerprint density at radius 2 is 2.11 bits per heavy atom. The first kappa shape index (κ1) is 18.7. The van der Waals surface area contributed by atoms with E-state index in [1.54, 1.807) is 4.57 Å². The number of ether oxygens (including phenoxy) is 1. The maximum absolute atomic E-state index is 15.1. The topological polar surface area (TPSA) is 97.8 Å². The summed E-state index contributed by atoms with van der Waals surface area (Å²) in [5, 5.41) is 10.3. The highest BCUT2D eigenvalue weighted by atomic mass is 19.1. The SMILES string of the molecule is Cc1c(N2CCC(COC(N)=O)C2)c(F)cc2c(CO)cc(=O)n(C3CC3)c12. The minimum atomic E-state index is -0.809. The zero-order chi connectivity index (χ0) is 20.0. The molecule has 0 radical (unpaired) electrons. The molecule has 8 heteroatoms. The highest BCUT2D eigenvalue weighted by Crippen LogP contribution is 2.40. The Hall–Kier alpha value is -2.61. The van der Waals surface area contributed by atoms with Crippen LogP contribution in [0.1, 0.15) is 36.4 Å². The second kappa shape index (κ2) is 7.09. The summed E-state index contributed by atoms with van der Waals surface area (Å²) in [7, 11) is 0. The third-order valence-electron chi connectivity index (χ3n) is 5.73. The molecule has 1 atom stereocenters. The van der Waals surface area contributed by atoms with Crippen molar-refractivity contribution in [3.8, 4) is 0 Å². The second-order valence-electron chi connectivity index (χ2n) is 7.73. The number of nitrogens with two attached hydrogens (primary N) is 1. The van der Waals surface area contributed by atoms with Gasteiger partial charge >= 0.3 is 6.09 Å². The smallest absolute Gasteiger partial charge is 0.404 e. The normalized spacial score (nSPS) is 19.4. The van der Waals surface area contributed by atoms with Crippen molar-refractivity contribution in [3.05, 3.63) is 39.4 Å². The van der Waals surface area contributed by atoms with Crippen LogP contribution in [0.25, 0.3) is 10.9 Å². The zero-order valence-corrected chi connectivity index (χ0v) is 15.8. The lowest BCUT2D eigenvalue weighted by atomic mass is 10.0. The minimum absolute atomic E-state index is 0.0800. The van der Waals surface area contributed by atoms with Crippen molar-refractivity contribution in [2.24, 2.45) is 11.7 Å². The quantitative estimate of drug-likeness (QED) is 0.817. The molecule has 3 N–H and O–H groups in total.